The first-order chi connectivity index (χ1) is 15.3. The van der Waals surface area contributed by atoms with Crippen LogP contribution in [0, 0.1) is 0 Å². The third kappa shape index (κ3) is 3.79. The molecule has 10 heteroatoms. The Kier molecular flexibility index (Phi) is 5.37. The van der Waals surface area contributed by atoms with Gasteiger partial charge in [0.2, 0.25) is 0 Å². The van der Waals surface area contributed by atoms with E-state index in [4.69, 9.17) is 4.74 Å². The van der Waals surface area contributed by atoms with E-state index >= 15 is 0 Å². The lowest BCUT2D eigenvalue weighted by Crippen LogP contribution is -2.31. The van der Waals surface area contributed by atoms with E-state index in [2.05, 4.69) is 9.71 Å². The van der Waals surface area contributed by atoms with E-state index in [0.717, 1.165) is 4.90 Å². The van der Waals surface area contributed by atoms with Gasteiger partial charge in [0.25, 0.3) is 15.9 Å². The number of imide groups is 1. The molecule has 0 radical (unpaired) electrons. The van der Waals surface area contributed by atoms with Crippen molar-refractivity contribution in [3.8, 4) is 5.75 Å². The highest BCUT2D eigenvalue weighted by molar-refractivity contribution is 7.92. The smallest absolute Gasteiger partial charge is 0.301 e. The van der Waals surface area contributed by atoms with Crippen LogP contribution in [0.2, 0.25) is 0 Å². The van der Waals surface area contributed by atoms with Crippen LogP contribution in [0.4, 0.5) is 11.5 Å². The van der Waals surface area contributed by atoms with E-state index in [-0.39, 0.29) is 22.0 Å². The van der Waals surface area contributed by atoms with Crippen LogP contribution >= 0.6 is 0 Å². The number of sulfonamides is 1. The highest BCUT2D eigenvalue weighted by Gasteiger charge is 2.40. The molecule has 1 aromatic heterocycles. The van der Waals surface area contributed by atoms with Gasteiger partial charge in [-0.15, -0.1) is 0 Å². The summed E-state index contributed by atoms with van der Waals surface area (Å²) in [5.41, 5.74) is 0.320. The molecule has 9 nitrogen and oxygen atoms in total. The molecule has 2 aromatic carbocycles. The van der Waals surface area contributed by atoms with Crippen molar-refractivity contribution in [2.24, 2.45) is 0 Å². The van der Waals surface area contributed by atoms with Gasteiger partial charge in [-0.05, 0) is 54.1 Å². The molecule has 1 aliphatic rings. The summed E-state index contributed by atoms with van der Waals surface area (Å²) in [6, 6.07) is 16.2. The quantitative estimate of drug-likeness (QED) is 0.552. The second-order valence-corrected chi connectivity index (χ2v) is 8.39. The molecule has 0 spiro atoms. The molecule has 3 aromatic rings. The number of amides is 2. The summed E-state index contributed by atoms with van der Waals surface area (Å²) in [5, 5.41) is 10.3. The zero-order chi connectivity index (χ0) is 22.9. The van der Waals surface area contributed by atoms with Crippen molar-refractivity contribution in [2.45, 2.75) is 4.90 Å². The van der Waals surface area contributed by atoms with Gasteiger partial charge in [-0.2, -0.15) is 0 Å². The standard InChI is InChI=1S/C22H17N3O6S/c1-31-16-9-5-14(6-10-16)19-20(26)22(28)25(21(19)27)15-7-11-17(12-8-15)32(29,30)24-18-4-2-3-13-23-18/h2-13,26H,1H3,(H,23,24). The predicted molar refractivity (Wildman–Crippen MR) is 117 cm³/mol. The molecular formula is C22H17N3O6S. The van der Waals surface area contributed by atoms with Gasteiger partial charge in [-0.3, -0.25) is 14.3 Å². The van der Waals surface area contributed by atoms with Crippen LogP contribution in [0.3, 0.4) is 0 Å². The van der Waals surface area contributed by atoms with Crippen LogP contribution in [0.15, 0.2) is 83.6 Å². The Morgan fingerprint density at radius 2 is 1.62 bits per heavy atom. The van der Waals surface area contributed by atoms with Crippen molar-refractivity contribution in [1.82, 2.24) is 4.98 Å². The molecule has 2 heterocycles. The number of carbonyl (C=O) groups is 2. The maximum absolute atomic E-state index is 12.9. The molecule has 4 rings (SSSR count). The number of aliphatic hydroxyl groups is 1. The molecule has 0 saturated heterocycles. The normalized spacial score (nSPS) is 14.1. The van der Waals surface area contributed by atoms with E-state index in [1.165, 1.54) is 43.6 Å². The van der Waals surface area contributed by atoms with Crippen molar-refractivity contribution < 1.29 is 27.9 Å². The van der Waals surface area contributed by atoms with Gasteiger partial charge in [-0.25, -0.2) is 18.3 Å². The summed E-state index contributed by atoms with van der Waals surface area (Å²) in [7, 11) is -2.43. The van der Waals surface area contributed by atoms with Crippen LogP contribution in [-0.2, 0) is 19.6 Å². The Labute approximate surface area is 183 Å². The minimum absolute atomic E-state index is 0.0847. The first-order valence-electron chi connectivity index (χ1n) is 9.32. The second-order valence-electron chi connectivity index (χ2n) is 6.71. The molecule has 2 amide bonds. The van der Waals surface area contributed by atoms with Crippen LogP contribution in [0.5, 0.6) is 5.75 Å². The molecule has 0 bridgehead atoms. The van der Waals surface area contributed by atoms with Crippen molar-refractivity contribution in [3.05, 3.63) is 84.2 Å². The van der Waals surface area contributed by atoms with Gasteiger partial charge < -0.3 is 9.84 Å². The number of rotatable bonds is 6. The first kappa shape index (κ1) is 21.1. The largest absolute Gasteiger partial charge is 0.502 e. The molecule has 0 unspecified atom stereocenters. The van der Waals surface area contributed by atoms with Crippen LogP contribution < -0.4 is 14.4 Å². The minimum atomic E-state index is -3.92. The molecule has 2 N–H and O–H groups in total. The second kappa shape index (κ2) is 8.16. The Bertz CT molecular complexity index is 1320. The molecule has 0 aliphatic carbocycles. The fourth-order valence-corrected chi connectivity index (χ4v) is 4.17. The number of aliphatic hydroxyl groups excluding tert-OH is 1. The zero-order valence-electron chi connectivity index (χ0n) is 16.7. The van der Waals surface area contributed by atoms with Gasteiger partial charge >= 0.3 is 5.91 Å². The summed E-state index contributed by atoms with van der Waals surface area (Å²) in [5.74, 6) is -1.60. The lowest BCUT2D eigenvalue weighted by Gasteiger charge is -2.15. The predicted octanol–water partition coefficient (Wildman–Crippen LogP) is 2.73. The average Bonchev–Trinajstić information content (AvgIpc) is 3.02. The summed E-state index contributed by atoms with van der Waals surface area (Å²) in [6.45, 7) is 0. The van der Waals surface area contributed by atoms with Crippen molar-refractivity contribution in [3.63, 3.8) is 0 Å². The maximum atomic E-state index is 12.9. The van der Waals surface area contributed by atoms with Gasteiger partial charge in [0.05, 0.1) is 23.3 Å². The number of anilines is 2. The van der Waals surface area contributed by atoms with E-state index in [1.54, 1.807) is 36.4 Å². The zero-order valence-corrected chi connectivity index (χ0v) is 17.5. The van der Waals surface area contributed by atoms with Crippen LogP contribution in [-0.4, -0.2) is 37.4 Å². The number of carbonyl (C=O) groups excluding carboxylic acids is 2. The van der Waals surface area contributed by atoms with Crippen molar-refractivity contribution in [1.29, 1.82) is 0 Å². The minimum Gasteiger partial charge on any atom is -0.502 e. The van der Waals surface area contributed by atoms with E-state index in [9.17, 15) is 23.1 Å². The maximum Gasteiger partial charge on any atom is 0.301 e. The first-order valence-corrected chi connectivity index (χ1v) is 10.8. The van der Waals surface area contributed by atoms with Crippen molar-refractivity contribution >= 4 is 38.9 Å². The number of ether oxygens (including phenoxy) is 1. The van der Waals surface area contributed by atoms with Crippen molar-refractivity contribution in [2.75, 3.05) is 16.7 Å². The highest BCUT2D eigenvalue weighted by atomic mass is 32.2. The van der Waals surface area contributed by atoms with Crippen LogP contribution in [0.25, 0.3) is 5.57 Å². The summed E-state index contributed by atoms with van der Waals surface area (Å²) in [6.07, 6.45) is 1.45. The van der Waals surface area contributed by atoms with Crippen LogP contribution in [0.1, 0.15) is 5.56 Å². The summed E-state index contributed by atoms with van der Waals surface area (Å²) < 4.78 is 32.5. The summed E-state index contributed by atoms with van der Waals surface area (Å²) in [4.78, 5) is 30.1. The lowest BCUT2D eigenvalue weighted by atomic mass is 10.1. The van der Waals surface area contributed by atoms with E-state index < -0.39 is 27.6 Å². The SMILES string of the molecule is COc1ccc(C2=C(O)C(=O)N(c3ccc(S(=O)(=O)Nc4ccccn4)cc3)C2=O)cc1. The lowest BCUT2D eigenvalue weighted by molar-refractivity contribution is -0.121. The Morgan fingerprint density at radius 3 is 2.22 bits per heavy atom. The molecular weight excluding hydrogens is 434 g/mol. The number of nitrogens with zero attached hydrogens (tertiary/aromatic N) is 2. The van der Waals surface area contributed by atoms with E-state index in [1.807, 2.05) is 0 Å². The molecule has 32 heavy (non-hydrogen) atoms. The Balaban J connectivity index is 1.59. The number of pyridine rings is 1. The van der Waals surface area contributed by atoms with E-state index in [0.29, 0.717) is 11.3 Å². The fourth-order valence-electron chi connectivity index (χ4n) is 3.16. The Hall–Kier alpha value is -4.18. The fraction of sp³-hybridized carbons (Fsp3) is 0.0455. The molecule has 162 valence electrons. The third-order valence-electron chi connectivity index (χ3n) is 4.75. The Morgan fingerprint density at radius 1 is 0.938 bits per heavy atom. The van der Waals surface area contributed by atoms with Gasteiger partial charge in [-0.1, -0.05) is 18.2 Å². The highest BCUT2D eigenvalue weighted by Crippen LogP contribution is 2.33. The molecule has 0 fully saturated rings. The van der Waals surface area contributed by atoms with Gasteiger partial charge in [0, 0.05) is 6.20 Å². The number of benzene rings is 2. The third-order valence-corrected chi connectivity index (χ3v) is 6.12. The summed E-state index contributed by atoms with van der Waals surface area (Å²) >= 11 is 0. The monoisotopic (exact) mass is 451 g/mol. The topological polar surface area (TPSA) is 126 Å². The van der Waals surface area contributed by atoms with Gasteiger partial charge in [0.15, 0.2) is 5.76 Å². The number of hydrogen-bond acceptors (Lipinski definition) is 7. The molecule has 1 aliphatic heterocycles. The number of hydrogen-bond donors (Lipinski definition) is 2. The van der Waals surface area contributed by atoms with Gasteiger partial charge in [0.1, 0.15) is 11.6 Å². The number of aromatic nitrogens is 1. The average molecular weight is 451 g/mol. The molecule has 0 atom stereocenters. The molecule has 0 saturated carbocycles. The number of nitrogens with one attached hydrogen (secondary N) is 1. The number of methoxy groups -OCH3 is 1.